The van der Waals surface area contributed by atoms with E-state index in [2.05, 4.69) is 0 Å². The van der Waals surface area contributed by atoms with Gasteiger partial charge in [-0.15, -0.1) is 0 Å². The van der Waals surface area contributed by atoms with Gasteiger partial charge in [-0.3, -0.25) is 0 Å². The molecule has 0 spiro atoms. The Hall–Kier alpha value is -0.380. The Morgan fingerprint density at radius 2 is 2.07 bits per heavy atom. The van der Waals surface area contributed by atoms with Gasteiger partial charge in [0.05, 0.1) is 4.20 Å². The lowest BCUT2D eigenvalue weighted by Crippen LogP contribution is -2.06. The van der Waals surface area contributed by atoms with Crippen molar-refractivity contribution in [3.05, 3.63) is 35.9 Å². The van der Waals surface area contributed by atoms with E-state index in [9.17, 15) is 0 Å². The molecule has 14 heavy (non-hydrogen) atoms. The van der Waals surface area contributed by atoms with Crippen molar-refractivity contribution in [3.63, 3.8) is 0 Å². The van der Waals surface area contributed by atoms with Crippen LogP contribution in [0.1, 0.15) is 19.4 Å². The standard InChI is InChI=1S/C11H14OS2/c1-3-12-9(2)14-11(13)10-7-5-4-6-8-10/h4-9H,3H2,1-2H3. The first-order chi connectivity index (χ1) is 6.74. The van der Waals surface area contributed by atoms with Crippen molar-refractivity contribution in [1.29, 1.82) is 0 Å². The Kier molecular flexibility index (Phi) is 5.15. The summed E-state index contributed by atoms with van der Waals surface area (Å²) in [6.45, 7) is 4.73. The van der Waals surface area contributed by atoms with Gasteiger partial charge >= 0.3 is 0 Å². The minimum Gasteiger partial charge on any atom is -0.368 e. The van der Waals surface area contributed by atoms with Crippen LogP contribution in [0.5, 0.6) is 0 Å². The summed E-state index contributed by atoms with van der Waals surface area (Å²) < 4.78 is 6.30. The summed E-state index contributed by atoms with van der Waals surface area (Å²) in [5, 5.41) is 0. The Labute approximate surface area is 94.9 Å². The van der Waals surface area contributed by atoms with Crippen molar-refractivity contribution in [1.82, 2.24) is 0 Å². The molecule has 1 rings (SSSR count). The van der Waals surface area contributed by atoms with Crippen LogP contribution in [0.25, 0.3) is 0 Å². The molecule has 1 aromatic carbocycles. The molecule has 0 amide bonds. The Morgan fingerprint density at radius 3 is 2.64 bits per heavy atom. The largest absolute Gasteiger partial charge is 0.368 e. The van der Waals surface area contributed by atoms with Crippen LogP contribution in [0.3, 0.4) is 0 Å². The molecular formula is C11H14OS2. The zero-order valence-corrected chi connectivity index (χ0v) is 10.0. The normalized spacial score (nSPS) is 12.4. The van der Waals surface area contributed by atoms with E-state index in [0.29, 0.717) is 0 Å². The summed E-state index contributed by atoms with van der Waals surface area (Å²) in [5.41, 5.74) is 1.23. The topological polar surface area (TPSA) is 9.23 Å². The van der Waals surface area contributed by atoms with Gasteiger partial charge in [-0.05, 0) is 19.4 Å². The molecule has 1 nitrogen and oxygen atoms in total. The number of benzene rings is 1. The molecule has 0 aliphatic carbocycles. The van der Waals surface area contributed by atoms with E-state index >= 15 is 0 Å². The molecule has 0 saturated heterocycles. The summed E-state index contributed by atoms with van der Waals surface area (Å²) in [7, 11) is 0. The van der Waals surface area contributed by atoms with Crippen molar-refractivity contribution < 1.29 is 4.74 Å². The number of ether oxygens (including phenoxy) is 1. The van der Waals surface area contributed by atoms with E-state index in [1.807, 2.05) is 44.2 Å². The first-order valence-electron chi connectivity index (χ1n) is 4.61. The van der Waals surface area contributed by atoms with Gasteiger partial charge < -0.3 is 4.74 Å². The fraction of sp³-hybridized carbons (Fsp3) is 0.364. The Bertz CT molecular complexity index is 285. The summed E-state index contributed by atoms with van der Waals surface area (Å²) in [4.78, 5) is 0. The van der Waals surface area contributed by atoms with E-state index in [4.69, 9.17) is 17.0 Å². The van der Waals surface area contributed by atoms with E-state index in [0.717, 1.165) is 16.4 Å². The molecular weight excluding hydrogens is 212 g/mol. The monoisotopic (exact) mass is 226 g/mol. The molecule has 0 aromatic heterocycles. The lowest BCUT2D eigenvalue weighted by Gasteiger charge is -2.11. The highest BCUT2D eigenvalue weighted by atomic mass is 32.2. The highest BCUT2D eigenvalue weighted by Gasteiger charge is 2.07. The molecule has 1 aromatic rings. The predicted octanol–water partition coefficient (Wildman–Crippen LogP) is 3.48. The third-order valence-electron chi connectivity index (χ3n) is 1.68. The van der Waals surface area contributed by atoms with E-state index < -0.39 is 0 Å². The number of thioether (sulfide) groups is 1. The molecule has 0 aliphatic heterocycles. The maximum atomic E-state index is 5.41. The number of hydrogen-bond acceptors (Lipinski definition) is 3. The van der Waals surface area contributed by atoms with Crippen LogP contribution in [-0.4, -0.2) is 16.2 Å². The second-order valence-corrected chi connectivity index (χ2v) is 4.77. The van der Waals surface area contributed by atoms with Gasteiger partial charge in [-0.2, -0.15) is 0 Å². The van der Waals surface area contributed by atoms with Gasteiger partial charge in [-0.1, -0.05) is 54.3 Å². The van der Waals surface area contributed by atoms with Crippen LogP contribution in [0.4, 0.5) is 0 Å². The van der Waals surface area contributed by atoms with Crippen LogP contribution >= 0.6 is 24.0 Å². The van der Waals surface area contributed by atoms with Crippen LogP contribution in [-0.2, 0) is 4.74 Å². The van der Waals surface area contributed by atoms with Crippen molar-refractivity contribution in [2.45, 2.75) is 19.3 Å². The molecule has 0 saturated carbocycles. The molecule has 0 bridgehead atoms. The quantitative estimate of drug-likeness (QED) is 0.574. The number of hydrogen-bond donors (Lipinski definition) is 0. The summed E-state index contributed by atoms with van der Waals surface area (Å²) in [5.74, 6) is 0. The van der Waals surface area contributed by atoms with Crippen LogP contribution < -0.4 is 0 Å². The SMILES string of the molecule is CCOC(C)SC(=S)c1ccccc1. The Balaban J connectivity index is 2.51. The average molecular weight is 226 g/mol. The minimum atomic E-state index is 0.132. The van der Waals surface area contributed by atoms with Crippen molar-refractivity contribution in [2.24, 2.45) is 0 Å². The summed E-state index contributed by atoms with van der Waals surface area (Å²) in [6, 6.07) is 10.0. The average Bonchev–Trinajstić information content (AvgIpc) is 2.19. The maximum absolute atomic E-state index is 5.41. The highest BCUT2D eigenvalue weighted by molar-refractivity contribution is 8.24. The van der Waals surface area contributed by atoms with Crippen molar-refractivity contribution in [2.75, 3.05) is 6.61 Å². The second-order valence-electron chi connectivity index (χ2n) is 2.79. The molecule has 0 aliphatic rings. The lowest BCUT2D eigenvalue weighted by molar-refractivity contribution is 0.138. The van der Waals surface area contributed by atoms with Gasteiger partial charge in [0.2, 0.25) is 0 Å². The van der Waals surface area contributed by atoms with Gasteiger partial charge in [-0.25, -0.2) is 0 Å². The molecule has 3 heteroatoms. The molecule has 0 N–H and O–H groups in total. The smallest absolute Gasteiger partial charge is 0.105 e. The summed E-state index contributed by atoms with van der Waals surface area (Å²) in [6.07, 6.45) is 0. The molecule has 0 radical (unpaired) electrons. The van der Waals surface area contributed by atoms with E-state index in [1.54, 1.807) is 11.8 Å². The van der Waals surface area contributed by atoms with Crippen LogP contribution in [0, 0.1) is 0 Å². The molecule has 76 valence electrons. The minimum absolute atomic E-state index is 0.132. The second kappa shape index (κ2) is 6.17. The zero-order chi connectivity index (χ0) is 10.4. The molecule has 1 atom stereocenters. The van der Waals surface area contributed by atoms with Gasteiger partial charge in [0.15, 0.2) is 0 Å². The van der Waals surface area contributed by atoms with Gasteiger partial charge in [0.1, 0.15) is 5.44 Å². The summed E-state index contributed by atoms with van der Waals surface area (Å²) >= 11 is 6.88. The fourth-order valence-electron chi connectivity index (χ4n) is 1.06. The number of rotatable bonds is 4. The molecule has 0 heterocycles. The molecule has 1 unspecified atom stereocenters. The van der Waals surface area contributed by atoms with Gasteiger partial charge in [0, 0.05) is 6.61 Å². The first-order valence-corrected chi connectivity index (χ1v) is 5.90. The van der Waals surface area contributed by atoms with Crippen molar-refractivity contribution >= 4 is 28.2 Å². The van der Waals surface area contributed by atoms with Crippen LogP contribution in [0.15, 0.2) is 30.3 Å². The first kappa shape index (κ1) is 11.7. The molecule has 0 fully saturated rings. The predicted molar refractivity (Wildman–Crippen MR) is 66.8 cm³/mol. The van der Waals surface area contributed by atoms with Crippen LogP contribution in [0.2, 0.25) is 0 Å². The number of thiocarbonyl (C=S) groups is 1. The zero-order valence-electron chi connectivity index (χ0n) is 8.40. The highest BCUT2D eigenvalue weighted by Crippen LogP contribution is 2.19. The van der Waals surface area contributed by atoms with E-state index in [1.165, 1.54) is 0 Å². The van der Waals surface area contributed by atoms with Crippen molar-refractivity contribution in [3.8, 4) is 0 Å². The third kappa shape index (κ3) is 3.78. The maximum Gasteiger partial charge on any atom is 0.105 e. The van der Waals surface area contributed by atoms with Gasteiger partial charge in [0.25, 0.3) is 0 Å². The Morgan fingerprint density at radius 1 is 1.43 bits per heavy atom. The van der Waals surface area contributed by atoms with E-state index in [-0.39, 0.29) is 5.44 Å². The third-order valence-corrected chi connectivity index (χ3v) is 3.13. The lowest BCUT2D eigenvalue weighted by atomic mass is 10.2. The fourth-order valence-corrected chi connectivity index (χ4v) is 2.38.